The Morgan fingerprint density at radius 2 is 1.72 bits per heavy atom. The summed E-state index contributed by atoms with van der Waals surface area (Å²) in [6, 6.07) is 14.2. The van der Waals surface area contributed by atoms with Crippen molar-refractivity contribution in [1.29, 1.82) is 0 Å². The van der Waals surface area contributed by atoms with Crippen molar-refractivity contribution in [1.82, 2.24) is 0 Å². The summed E-state index contributed by atoms with van der Waals surface area (Å²) in [6.45, 7) is 2.27. The van der Waals surface area contributed by atoms with E-state index in [9.17, 15) is 8.42 Å². The van der Waals surface area contributed by atoms with E-state index >= 15 is 0 Å². The SMILES string of the molecule is CCc1ccc([C@@H]2[C@@H](S(=O)(=O)c3ccc(Cl)cc3)[C@@]2(N)COC)cc1. The third-order valence-electron chi connectivity index (χ3n) is 4.92. The van der Waals surface area contributed by atoms with E-state index in [1.807, 2.05) is 24.3 Å². The van der Waals surface area contributed by atoms with Crippen LogP contribution in [0.4, 0.5) is 0 Å². The van der Waals surface area contributed by atoms with Crippen LogP contribution < -0.4 is 5.73 Å². The number of aryl methyl sites for hydroxylation is 1. The second kappa shape index (κ2) is 6.72. The van der Waals surface area contributed by atoms with Crippen LogP contribution in [0.25, 0.3) is 0 Å². The first-order valence-electron chi connectivity index (χ1n) is 8.20. The highest BCUT2D eigenvalue weighted by molar-refractivity contribution is 7.92. The van der Waals surface area contributed by atoms with Gasteiger partial charge in [0.2, 0.25) is 0 Å². The molecule has 0 radical (unpaired) electrons. The van der Waals surface area contributed by atoms with Crippen LogP contribution >= 0.6 is 11.6 Å². The summed E-state index contributed by atoms with van der Waals surface area (Å²) in [4.78, 5) is 0.237. The van der Waals surface area contributed by atoms with E-state index in [1.165, 1.54) is 24.8 Å². The lowest BCUT2D eigenvalue weighted by Crippen LogP contribution is -2.35. The van der Waals surface area contributed by atoms with E-state index < -0.39 is 20.6 Å². The monoisotopic (exact) mass is 379 g/mol. The number of sulfone groups is 1. The normalized spacial score (nSPS) is 25.8. The molecule has 4 nitrogen and oxygen atoms in total. The molecule has 25 heavy (non-hydrogen) atoms. The van der Waals surface area contributed by atoms with Crippen LogP contribution in [0.5, 0.6) is 0 Å². The van der Waals surface area contributed by atoms with Crippen LogP contribution in [0.15, 0.2) is 53.4 Å². The molecule has 1 saturated carbocycles. The third-order valence-corrected chi connectivity index (χ3v) is 7.48. The zero-order valence-corrected chi connectivity index (χ0v) is 15.8. The Labute approximate surface area is 153 Å². The molecule has 0 aromatic heterocycles. The first-order chi connectivity index (χ1) is 11.8. The minimum atomic E-state index is -3.59. The van der Waals surface area contributed by atoms with Crippen molar-refractivity contribution in [2.45, 2.75) is 34.9 Å². The summed E-state index contributed by atoms with van der Waals surface area (Å²) < 4.78 is 31.5. The van der Waals surface area contributed by atoms with E-state index in [0.717, 1.165) is 12.0 Å². The van der Waals surface area contributed by atoms with Crippen molar-refractivity contribution < 1.29 is 13.2 Å². The van der Waals surface area contributed by atoms with E-state index in [4.69, 9.17) is 22.1 Å². The Balaban J connectivity index is 1.99. The summed E-state index contributed by atoms with van der Waals surface area (Å²) in [5, 5.41) is -0.217. The molecule has 0 aliphatic heterocycles. The van der Waals surface area contributed by atoms with Crippen molar-refractivity contribution in [2.75, 3.05) is 13.7 Å². The van der Waals surface area contributed by atoms with E-state index in [2.05, 4.69) is 6.92 Å². The number of halogens is 1. The fraction of sp³-hybridized carbons (Fsp3) is 0.368. The lowest BCUT2D eigenvalue weighted by Gasteiger charge is -2.11. The highest BCUT2D eigenvalue weighted by Crippen LogP contribution is 2.55. The number of ether oxygens (including phenoxy) is 1. The van der Waals surface area contributed by atoms with Crippen molar-refractivity contribution >= 4 is 21.4 Å². The van der Waals surface area contributed by atoms with Crippen molar-refractivity contribution in [3.05, 3.63) is 64.7 Å². The number of nitrogens with two attached hydrogens (primary N) is 1. The van der Waals surface area contributed by atoms with Gasteiger partial charge in [0.15, 0.2) is 9.84 Å². The molecule has 1 aliphatic rings. The summed E-state index contributed by atoms with van der Waals surface area (Å²) in [7, 11) is -2.05. The fourth-order valence-electron chi connectivity index (χ4n) is 3.53. The number of methoxy groups -OCH3 is 1. The van der Waals surface area contributed by atoms with Gasteiger partial charge < -0.3 is 10.5 Å². The van der Waals surface area contributed by atoms with Gasteiger partial charge >= 0.3 is 0 Å². The minimum Gasteiger partial charge on any atom is -0.383 e. The molecule has 0 saturated heterocycles. The van der Waals surface area contributed by atoms with Gasteiger partial charge in [-0.05, 0) is 41.8 Å². The molecular formula is C19H22ClNO3S. The molecule has 0 spiro atoms. The summed E-state index contributed by atoms with van der Waals surface area (Å²) in [5.74, 6) is -0.293. The van der Waals surface area contributed by atoms with Gasteiger partial charge in [0.25, 0.3) is 0 Å². The predicted octanol–water partition coefficient (Wildman–Crippen LogP) is 3.19. The van der Waals surface area contributed by atoms with Crippen molar-refractivity contribution in [2.24, 2.45) is 5.73 Å². The van der Waals surface area contributed by atoms with Gasteiger partial charge in [-0.1, -0.05) is 42.8 Å². The van der Waals surface area contributed by atoms with Gasteiger partial charge in [-0.2, -0.15) is 0 Å². The molecule has 1 fully saturated rings. The lowest BCUT2D eigenvalue weighted by molar-refractivity contribution is 0.171. The van der Waals surface area contributed by atoms with Gasteiger partial charge in [-0.15, -0.1) is 0 Å². The van der Waals surface area contributed by atoms with Crippen LogP contribution in [-0.2, 0) is 21.0 Å². The molecule has 3 rings (SSSR count). The molecule has 0 amide bonds. The van der Waals surface area contributed by atoms with Crippen LogP contribution in [0, 0.1) is 0 Å². The molecule has 0 heterocycles. The average molecular weight is 380 g/mol. The maximum Gasteiger partial charge on any atom is 0.183 e. The second-order valence-corrected chi connectivity index (χ2v) is 9.04. The Kier molecular flexibility index (Phi) is 4.95. The standard InChI is InChI=1S/C19H22ClNO3S/c1-3-13-4-6-14(7-5-13)17-18(19(17,21)12-24-2)25(22,23)16-10-8-15(20)9-11-16/h4-11,17-18H,3,12,21H2,1-2H3/t17-,18-,19-/m1/s1. The highest BCUT2D eigenvalue weighted by Gasteiger charge is 2.69. The molecule has 1 aliphatic carbocycles. The van der Waals surface area contributed by atoms with Crippen LogP contribution in [0.3, 0.4) is 0 Å². The molecule has 2 aromatic carbocycles. The van der Waals surface area contributed by atoms with Gasteiger partial charge in [0, 0.05) is 18.1 Å². The topological polar surface area (TPSA) is 69.4 Å². The van der Waals surface area contributed by atoms with Crippen LogP contribution in [0.2, 0.25) is 5.02 Å². The van der Waals surface area contributed by atoms with E-state index in [-0.39, 0.29) is 17.4 Å². The molecule has 0 unspecified atom stereocenters. The zero-order chi connectivity index (χ0) is 18.2. The second-order valence-electron chi connectivity index (χ2n) is 6.54. The first kappa shape index (κ1) is 18.4. The molecule has 134 valence electrons. The van der Waals surface area contributed by atoms with Gasteiger partial charge in [0.1, 0.15) is 0 Å². The lowest BCUT2D eigenvalue weighted by atomic mass is 10.0. The Hall–Kier alpha value is -1.40. The highest BCUT2D eigenvalue weighted by atomic mass is 35.5. The zero-order valence-electron chi connectivity index (χ0n) is 14.3. The largest absolute Gasteiger partial charge is 0.383 e. The molecule has 0 bridgehead atoms. The van der Waals surface area contributed by atoms with Gasteiger partial charge in [-0.25, -0.2) is 8.42 Å². The molecule has 2 N–H and O–H groups in total. The Morgan fingerprint density at radius 3 is 2.24 bits per heavy atom. The van der Waals surface area contributed by atoms with Crippen LogP contribution in [-0.4, -0.2) is 32.9 Å². The number of benzene rings is 2. The first-order valence-corrected chi connectivity index (χ1v) is 10.1. The number of hydrogen-bond acceptors (Lipinski definition) is 4. The third kappa shape index (κ3) is 3.22. The predicted molar refractivity (Wildman–Crippen MR) is 99.8 cm³/mol. The Morgan fingerprint density at radius 1 is 1.12 bits per heavy atom. The molecule has 6 heteroatoms. The minimum absolute atomic E-state index is 0.185. The van der Waals surface area contributed by atoms with E-state index in [1.54, 1.807) is 12.1 Å². The molecular weight excluding hydrogens is 358 g/mol. The maximum absolute atomic E-state index is 13.1. The van der Waals surface area contributed by atoms with Crippen LogP contribution in [0.1, 0.15) is 24.0 Å². The summed E-state index contributed by atoms with van der Waals surface area (Å²) in [5.41, 5.74) is 7.68. The van der Waals surface area contributed by atoms with Gasteiger partial charge in [0.05, 0.1) is 22.3 Å². The van der Waals surface area contributed by atoms with Crippen molar-refractivity contribution in [3.63, 3.8) is 0 Å². The summed E-state index contributed by atoms with van der Waals surface area (Å²) >= 11 is 5.88. The van der Waals surface area contributed by atoms with Crippen molar-refractivity contribution in [3.8, 4) is 0 Å². The van der Waals surface area contributed by atoms with Gasteiger partial charge in [-0.3, -0.25) is 0 Å². The Bertz CT molecular complexity index is 849. The maximum atomic E-state index is 13.1. The smallest absolute Gasteiger partial charge is 0.183 e. The molecule has 3 atom stereocenters. The quantitative estimate of drug-likeness (QED) is 0.836. The summed E-state index contributed by atoms with van der Waals surface area (Å²) in [6.07, 6.45) is 0.934. The number of rotatable bonds is 6. The molecule has 2 aromatic rings. The van der Waals surface area contributed by atoms with E-state index in [0.29, 0.717) is 5.02 Å². The fourth-order valence-corrected chi connectivity index (χ4v) is 5.95. The average Bonchev–Trinajstić information content (AvgIpc) is 3.22. The number of hydrogen-bond donors (Lipinski definition) is 1.